The molecule has 0 saturated carbocycles. The van der Waals surface area contributed by atoms with Crippen LogP contribution in [-0.4, -0.2) is 42.4 Å². The van der Waals surface area contributed by atoms with Crippen LogP contribution in [0, 0.1) is 0 Å². The third-order valence-electron chi connectivity index (χ3n) is 6.18. The van der Waals surface area contributed by atoms with Crippen molar-refractivity contribution in [3.63, 3.8) is 0 Å². The van der Waals surface area contributed by atoms with Crippen molar-refractivity contribution < 1.29 is 24.2 Å². The maximum Gasteiger partial charge on any atom is 0.310 e. The maximum atomic E-state index is 12.4. The van der Waals surface area contributed by atoms with Crippen LogP contribution in [0.4, 0.5) is 0 Å². The van der Waals surface area contributed by atoms with Gasteiger partial charge >= 0.3 is 11.9 Å². The molecule has 0 aliphatic heterocycles. The monoisotopic (exact) mass is 509 g/mol. The second kappa shape index (κ2) is 12.8. The van der Waals surface area contributed by atoms with Gasteiger partial charge in [-0.3, -0.25) is 9.59 Å². The molecular weight excluding hydrogens is 478 g/mol. The van der Waals surface area contributed by atoms with E-state index in [2.05, 4.69) is 0 Å². The Hall–Kier alpha value is -4.26. The van der Waals surface area contributed by atoms with Gasteiger partial charge in [-0.05, 0) is 33.4 Å². The van der Waals surface area contributed by atoms with Gasteiger partial charge in [-0.1, -0.05) is 109 Å². The Morgan fingerprint density at radius 1 is 0.579 bits per heavy atom. The Morgan fingerprint density at radius 3 is 1.26 bits per heavy atom. The second-order valence-electron chi connectivity index (χ2n) is 9.32. The molecule has 0 aliphatic rings. The fourth-order valence-electron chi connectivity index (χ4n) is 3.91. The number of esters is 2. The fraction of sp³-hybridized carbons (Fsp3) is 0.188. The second-order valence-corrected chi connectivity index (χ2v) is 9.32. The van der Waals surface area contributed by atoms with Crippen LogP contribution in [0.3, 0.4) is 0 Å². The van der Waals surface area contributed by atoms with E-state index in [1.54, 1.807) is 0 Å². The zero-order valence-corrected chi connectivity index (χ0v) is 21.1. The van der Waals surface area contributed by atoms with Gasteiger partial charge in [-0.2, -0.15) is 0 Å². The van der Waals surface area contributed by atoms with Gasteiger partial charge < -0.3 is 20.3 Å². The summed E-state index contributed by atoms with van der Waals surface area (Å²) in [6, 6.07) is 35.2. The van der Waals surface area contributed by atoms with Crippen molar-refractivity contribution in [1.82, 2.24) is 0 Å². The summed E-state index contributed by atoms with van der Waals surface area (Å²) in [5.74, 6) is -0.962. The zero-order valence-electron chi connectivity index (χ0n) is 21.1. The third kappa shape index (κ3) is 7.62. The molecule has 0 atom stereocenters. The Balaban J connectivity index is 1.22. The molecule has 0 unspecified atom stereocenters. The number of aliphatic hydroxyl groups is 1. The van der Waals surface area contributed by atoms with Crippen molar-refractivity contribution >= 4 is 11.9 Å². The third-order valence-corrected chi connectivity index (χ3v) is 6.18. The van der Waals surface area contributed by atoms with Crippen LogP contribution in [0.25, 0.3) is 22.3 Å². The number of benzene rings is 4. The molecule has 0 saturated heterocycles. The molecule has 194 valence electrons. The number of nitrogens with two attached hydrogens (primary N) is 1. The first-order chi connectivity index (χ1) is 18.4. The average molecular weight is 510 g/mol. The SMILES string of the molecule is NC(CO)(COC(=O)Cc1ccc(-c2ccccc2)cc1)COC(=O)Cc1ccc(-c2ccccc2)cc1. The largest absolute Gasteiger partial charge is 0.463 e. The van der Waals surface area contributed by atoms with Crippen LogP contribution in [-0.2, 0) is 31.9 Å². The van der Waals surface area contributed by atoms with Gasteiger partial charge in [0.2, 0.25) is 0 Å². The highest BCUT2D eigenvalue weighted by Gasteiger charge is 2.28. The Labute approximate surface area is 222 Å². The highest BCUT2D eigenvalue weighted by Crippen LogP contribution is 2.21. The molecule has 6 heteroatoms. The normalized spacial score (nSPS) is 11.1. The molecule has 0 heterocycles. The van der Waals surface area contributed by atoms with E-state index in [-0.39, 0.29) is 26.1 Å². The molecule has 0 amide bonds. The summed E-state index contributed by atoms with van der Waals surface area (Å²) in [7, 11) is 0. The lowest BCUT2D eigenvalue weighted by Crippen LogP contribution is -2.53. The predicted molar refractivity (Wildman–Crippen MR) is 147 cm³/mol. The molecule has 4 aromatic carbocycles. The quantitative estimate of drug-likeness (QED) is 0.287. The van der Waals surface area contributed by atoms with E-state index in [0.717, 1.165) is 33.4 Å². The molecule has 4 rings (SSSR count). The minimum Gasteiger partial charge on any atom is -0.463 e. The smallest absolute Gasteiger partial charge is 0.310 e. The first-order valence-corrected chi connectivity index (χ1v) is 12.4. The minimum absolute atomic E-state index is 0.0648. The summed E-state index contributed by atoms with van der Waals surface area (Å²) in [6.45, 7) is -1.06. The highest BCUT2D eigenvalue weighted by atomic mass is 16.5. The molecule has 0 bridgehead atoms. The summed E-state index contributed by atoms with van der Waals surface area (Å²) >= 11 is 0. The summed E-state index contributed by atoms with van der Waals surface area (Å²) in [5.41, 5.74) is 10.6. The zero-order chi connectivity index (χ0) is 26.8. The molecule has 38 heavy (non-hydrogen) atoms. The van der Waals surface area contributed by atoms with Gasteiger partial charge in [-0.25, -0.2) is 0 Å². The summed E-state index contributed by atoms with van der Waals surface area (Å²) < 4.78 is 10.6. The number of rotatable bonds is 11. The Kier molecular flexibility index (Phi) is 9.03. The van der Waals surface area contributed by atoms with E-state index >= 15 is 0 Å². The average Bonchev–Trinajstić information content (AvgIpc) is 2.97. The highest BCUT2D eigenvalue weighted by molar-refractivity contribution is 5.74. The molecule has 0 aliphatic carbocycles. The standard InChI is InChI=1S/C32H31NO5/c33-32(21-34,22-37-30(35)19-24-11-15-28(16-12-24)26-7-3-1-4-8-26)23-38-31(36)20-25-13-17-29(18-14-25)27-9-5-2-6-10-27/h1-18,34H,19-23,33H2. The van der Waals surface area contributed by atoms with Crippen molar-refractivity contribution in [2.45, 2.75) is 18.4 Å². The van der Waals surface area contributed by atoms with E-state index in [1.807, 2.05) is 109 Å². The summed E-state index contributed by atoms with van der Waals surface area (Å²) in [6.07, 6.45) is 0.130. The van der Waals surface area contributed by atoms with E-state index < -0.39 is 24.1 Å². The van der Waals surface area contributed by atoms with Crippen molar-refractivity contribution in [1.29, 1.82) is 0 Å². The number of carbonyl (C=O) groups is 2. The first-order valence-electron chi connectivity index (χ1n) is 12.4. The van der Waals surface area contributed by atoms with E-state index in [1.165, 1.54) is 0 Å². The lowest BCUT2D eigenvalue weighted by Gasteiger charge is -2.26. The molecule has 0 radical (unpaired) electrons. The Morgan fingerprint density at radius 2 is 0.921 bits per heavy atom. The van der Waals surface area contributed by atoms with Crippen LogP contribution in [0.1, 0.15) is 11.1 Å². The van der Waals surface area contributed by atoms with Gasteiger partial charge in [0.1, 0.15) is 18.8 Å². The summed E-state index contributed by atoms with van der Waals surface area (Å²) in [4.78, 5) is 24.7. The van der Waals surface area contributed by atoms with E-state index in [4.69, 9.17) is 15.2 Å². The van der Waals surface area contributed by atoms with Gasteiger partial charge in [-0.15, -0.1) is 0 Å². The first kappa shape index (κ1) is 26.8. The number of ether oxygens (including phenoxy) is 2. The van der Waals surface area contributed by atoms with Gasteiger partial charge in [0.25, 0.3) is 0 Å². The van der Waals surface area contributed by atoms with Crippen molar-refractivity contribution in [2.75, 3.05) is 19.8 Å². The number of carbonyl (C=O) groups excluding carboxylic acids is 2. The van der Waals surface area contributed by atoms with Crippen LogP contribution < -0.4 is 5.73 Å². The molecule has 0 aromatic heterocycles. The van der Waals surface area contributed by atoms with Gasteiger partial charge in [0.15, 0.2) is 0 Å². The molecular formula is C32H31NO5. The number of hydrogen-bond donors (Lipinski definition) is 2. The Bertz CT molecular complexity index is 1220. The molecule has 3 N–H and O–H groups in total. The van der Waals surface area contributed by atoms with Crippen LogP contribution in [0.2, 0.25) is 0 Å². The lowest BCUT2D eigenvalue weighted by atomic mass is 10.0. The summed E-state index contributed by atoms with van der Waals surface area (Å²) in [5, 5.41) is 9.76. The van der Waals surface area contributed by atoms with Gasteiger partial charge in [0, 0.05) is 0 Å². The molecule has 0 spiro atoms. The molecule has 0 fully saturated rings. The molecule has 6 nitrogen and oxygen atoms in total. The van der Waals surface area contributed by atoms with Crippen LogP contribution in [0.5, 0.6) is 0 Å². The molecule has 4 aromatic rings. The predicted octanol–water partition coefficient (Wildman–Crippen LogP) is 4.58. The van der Waals surface area contributed by atoms with Crippen molar-refractivity contribution in [3.05, 3.63) is 120 Å². The van der Waals surface area contributed by atoms with E-state index in [0.29, 0.717) is 0 Å². The van der Waals surface area contributed by atoms with E-state index in [9.17, 15) is 14.7 Å². The fourth-order valence-corrected chi connectivity index (χ4v) is 3.91. The number of hydrogen-bond acceptors (Lipinski definition) is 6. The maximum absolute atomic E-state index is 12.4. The topological polar surface area (TPSA) is 98.9 Å². The van der Waals surface area contributed by atoms with Crippen LogP contribution in [0.15, 0.2) is 109 Å². The minimum atomic E-state index is -1.39. The number of aliphatic hydroxyl groups excluding tert-OH is 1. The van der Waals surface area contributed by atoms with Crippen molar-refractivity contribution in [2.24, 2.45) is 5.73 Å². The van der Waals surface area contributed by atoms with Gasteiger partial charge in [0.05, 0.1) is 19.4 Å². The van der Waals surface area contributed by atoms with Crippen molar-refractivity contribution in [3.8, 4) is 22.3 Å². The lowest BCUT2D eigenvalue weighted by molar-refractivity contribution is -0.150. The van der Waals surface area contributed by atoms with Crippen LogP contribution >= 0.6 is 0 Å².